The lowest BCUT2D eigenvalue weighted by Crippen LogP contribution is -2.47. The number of phosphoric acid groups is 1. The molecule has 10 heteroatoms. The third-order valence-electron chi connectivity index (χ3n) is 1.74. The minimum atomic E-state index is -4.78. The molecule has 0 rings (SSSR count). The highest BCUT2D eigenvalue weighted by atomic mass is 31.2. The second-order valence-electron chi connectivity index (χ2n) is 3.08. The SMILES string of the molecule is O=P(O)(O)OCC(O)C(O)C(O)C(O)CO. The van der Waals surface area contributed by atoms with E-state index in [2.05, 4.69) is 4.52 Å². The first kappa shape index (κ1) is 15.9. The molecule has 0 aliphatic carbocycles. The van der Waals surface area contributed by atoms with Crippen molar-refractivity contribution < 1.29 is 44.4 Å². The van der Waals surface area contributed by atoms with Gasteiger partial charge in [-0.2, -0.15) is 0 Å². The molecule has 16 heavy (non-hydrogen) atoms. The summed E-state index contributed by atoms with van der Waals surface area (Å²) in [5.41, 5.74) is 0. The Labute approximate surface area is 90.8 Å². The average Bonchev–Trinajstić information content (AvgIpc) is 2.21. The standard InChI is InChI=1S/C6H15O9P/c7-1-3(8)5(10)6(11)4(9)2-15-16(12,13)14/h3-11H,1-2H2,(H2,12,13,14). The van der Waals surface area contributed by atoms with Crippen LogP contribution in [0.1, 0.15) is 0 Å². The Morgan fingerprint density at radius 3 is 1.81 bits per heavy atom. The summed E-state index contributed by atoms with van der Waals surface area (Å²) < 4.78 is 14.1. The molecule has 98 valence electrons. The van der Waals surface area contributed by atoms with Crippen LogP contribution in [0, 0.1) is 0 Å². The fourth-order valence-electron chi connectivity index (χ4n) is 0.835. The molecule has 0 radical (unpaired) electrons. The molecule has 0 aromatic heterocycles. The molecule has 0 saturated carbocycles. The van der Waals surface area contributed by atoms with Crippen LogP contribution in [0.5, 0.6) is 0 Å². The van der Waals surface area contributed by atoms with Crippen molar-refractivity contribution in [2.24, 2.45) is 0 Å². The molecule has 0 amide bonds. The monoisotopic (exact) mass is 262 g/mol. The van der Waals surface area contributed by atoms with Crippen LogP contribution < -0.4 is 0 Å². The summed E-state index contributed by atoms with van der Waals surface area (Å²) in [5, 5.41) is 44.8. The zero-order valence-corrected chi connectivity index (χ0v) is 9.01. The van der Waals surface area contributed by atoms with Crippen LogP contribution in [0.4, 0.5) is 0 Å². The summed E-state index contributed by atoms with van der Waals surface area (Å²) in [6.45, 7) is -1.77. The number of rotatable bonds is 7. The van der Waals surface area contributed by atoms with Crippen molar-refractivity contribution in [3.05, 3.63) is 0 Å². The van der Waals surface area contributed by atoms with Gasteiger partial charge in [0, 0.05) is 0 Å². The lowest BCUT2D eigenvalue weighted by molar-refractivity contribution is -0.122. The molecule has 0 heterocycles. The van der Waals surface area contributed by atoms with Gasteiger partial charge in [0.15, 0.2) is 0 Å². The van der Waals surface area contributed by atoms with Crippen LogP contribution >= 0.6 is 7.82 Å². The van der Waals surface area contributed by atoms with Gasteiger partial charge in [-0.1, -0.05) is 0 Å². The van der Waals surface area contributed by atoms with Crippen molar-refractivity contribution in [1.82, 2.24) is 0 Å². The molecule has 0 spiro atoms. The maximum atomic E-state index is 10.2. The van der Waals surface area contributed by atoms with E-state index < -0.39 is 45.5 Å². The van der Waals surface area contributed by atoms with E-state index in [9.17, 15) is 9.67 Å². The van der Waals surface area contributed by atoms with Gasteiger partial charge in [-0.3, -0.25) is 4.52 Å². The van der Waals surface area contributed by atoms with Gasteiger partial charge >= 0.3 is 7.82 Å². The van der Waals surface area contributed by atoms with Gasteiger partial charge in [-0.25, -0.2) is 4.57 Å². The minimum absolute atomic E-state index is 0.843. The Morgan fingerprint density at radius 2 is 1.44 bits per heavy atom. The van der Waals surface area contributed by atoms with Gasteiger partial charge in [0.1, 0.15) is 24.4 Å². The van der Waals surface area contributed by atoms with E-state index in [1.807, 2.05) is 0 Å². The van der Waals surface area contributed by atoms with Crippen molar-refractivity contribution in [3.63, 3.8) is 0 Å². The largest absolute Gasteiger partial charge is 0.469 e. The number of hydrogen-bond donors (Lipinski definition) is 7. The Kier molecular flexibility index (Phi) is 6.56. The van der Waals surface area contributed by atoms with Gasteiger partial charge in [-0.05, 0) is 0 Å². The fraction of sp³-hybridized carbons (Fsp3) is 1.00. The Hall–Kier alpha value is -0.0900. The predicted octanol–water partition coefficient (Wildman–Crippen LogP) is -3.47. The van der Waals surface area contributed by atoms with Crippen molar-refractivity contribution in [2.45, 2.75) is 24.4 Å². The summed E-state index contributed by atoms with van der Waals surface area (Å²) in [7, 11) is -4.78. The number of hydrogen-bond acceptors (Lipinski definition) is 7. The van der Waals surface area contributed by atoms with Gasteiger partial charge in [0.2, 0.25) is 0 Å². The molecule has 0 bridgehead atoms. The van der Waals surface area contributed by atoms with Crippen molar-refractivity contribution >= 4 is 7.82 Å². The first-order chi connectivity index (χ1) is 7.19. The quantitative estimate of drug-likeness (QED) is 0.230. The fourth-order valence-corrected chi connectivity index (χ4v) is 1.18. The zero-order chi connectivity index (χ0) is 12.9. The molecule has 0 aliphatic rings. The lowest BCUT2D eigenvalue weighted by atomic mass is 10.0. The van der Waals surface area contributed by atoms with Crippen LogP contribution in [0.15, 0.2) is 0 Å². The second-order valence-corrected chi connectivity index (χ2v) is 4.32. The second kappa shape index (κ2) is 6.60. The first-order valence-corrected chi connectivity index (χ1v) is 5.75. The predicted molar refractivity (Wildman–Crippen MR) is 49.1 cm³/mol. The topological polar surface area (TPSA) is 168 Å². The van der Waals surface area contributed by atoms with Gasteiger partial charge in [-0.15, -0.1) is 0 Å². The van der Waals surface area contributed by atoms with Gasteiger partial charge in [0.25, 0.3) is 0 Å². The van der Waals surface area contributed by atoms with E-state index in [1.54, 1.807) is 0 Å². The minimum Gasteiger partial charge on any atom is -0.394 e. The summed E-state index contributed by atoms with van der Waals surface area (Å²) in [6, 6.07) is 0. The highest BCUT2D eigenvalue weighted by molar-refractivity contribution is 7.46. The van der Waals surface area contributed by atoms with Crippen molar-refractivity contribution in [2.75, 3.05) is 13.2 Å². The average molecular weight is 262 g/mol. The molecule has 0 aliphatic heterocycles. The van der Waals surface area contributed by atoms with E-state index in [0.29, 0.717) is 0 Å². The Bertz CT molecular complexity index is 240. The molecule has 0 saturated heterocycles. The van der Waals surface area contributed by atoms with Crippen LogP contribution in [0.2, 0.25) is 0 Å². The van der Waals surface area contributed by atoms with Crippen LogP contribution in [0.3, 0.4) is 0 Å². The normalized spacial score (nSPS) is 20.2. The first-order valence-electron chi connectivity index (χ1n) is 4.22. The van der Waals surface area contributed by atoms with Gasteiger partial charge in [0.05, 0.1) is 13.2 Å². The smallest absolute Gasteiger partial charge is 0.394 e. The molecular formula is C6H15O9P. The maximum absolute atomic E-state index is 10.2. The molecule has 0 fully saturated rings. The Morgan fingerprint density at radius 1 is 1.00 bits per heavy atom. The number of aliphatic hydroxyl groups excluding tert-OH is 5. The zero-order valence-electron chi connectivity index (χ0n) is 8.12. The molecule has 4 unspecified atom stereocenters. The number of phosphoric ester groups is 1. The third kappa shape index (κ3) is 5.85. The summed E-state index contributed by atoms with van der Waals surface area (Å²) >= 11 is 0. The van der Waals surface area contributed by atoms with E-state index in [0.717, 1.165) is 0 Å². The molecule has 0 aromatic carbocycles. The van der Waals surface area contributed by atoms with Crippen LogP contribution in [-0.4, -0.2) is 72.9 Å². The van der Waals surface area contributed by atoms with Crippen LogP contribution in [0.25, 0.3) is 0 Å². The van der Waals surface area contributed by atoms with Gasteiger partial charge < -0.3 is 35.3 Å². The number of aliphatic hydroxyl groups is 5. The highest BCUT2D eigenvalue weighted by Gasteiger charge is 2.31. The lowest BCUT2D eigenvalue weighted by Gasteiger charge is -2.25. The summed E-state index contributed by atoms with van der Waals surface area (Å²) in [4.78, 5) is 16.6. The maximum Gasteiger partial charge on any atom is 0.469 e. The Balaban J connectivity index is 4.17. The third-order valence-corrected chi connectivity index (χ3v) is 2.22. The van der Waals surface area contributed by atoms with Crippen LogP contribution in [-0.2, 0) is 9.09 Å². The van der Waals surface area contributed by atoms with Crippen molar-refractivity contribution in [3.8, 4) is 0 Å². The van der Waals surface area contributed by atoms with E-state index in [1.165, 1.54) is 0 Å². The molecular weight excluding hydrogens is 247 g/mol. The summed E-state index contributed by atoms with van der Waals surface area (Å²) in [5.74, 6) is 0. The van der Waals surface area contributed by atoms with E-state index >= 15 is 0 Å². The molecule has 4 atom stereocenters. The molecule has 0 aromatic rings. The molecule has 7 N–H and O–H groups in total. The highest BCUT2D eigenvalue weighted by Crippen LogP contribution is 2.35. The summed E-state index contributed by atoms with van der Waals surface area (Å²) in [6.07, 6.45) is -7.27. The van der Waals surface area contributed by atoms with Crippen molar-refractivity contribution in [1.29, 1.82) is 0 Å². The molecule has 9 nitrogen and oxygen atoms in total. The van der Waals surface area contributed by atoms with E-state index in [-0.39, 0.29) is 0 Å². The van der Waals surface area contributed by atoms with E-state index in [4.69, 9.17) is 30.2 Å².